The lowest BCUT2D eigenvalue weighted by atomic mass is 9.94. The number of fused-ring (bicyclic) bond motifs is 1. The van der Waals surface area contributed by atoms with Crippen molar-refractivity contribution >= 4 is 17.2 Å². The highest BCUT2D eigenvalue weighted by Crippen LogP contribution is 2.33. The summed E-state index contributed by atoms with van der Waals surface area (Å²) in [6.45, 7) is 0.633. The van der Waals surface area contributed by atoms with Gasteiger partial charge in [0.15, 0.2) is 0 Å². The van der Waals surface area contributed by atoms with Gasteiger partial charge in [-0.05, 0) is 66.9 Å². The van der Waals surface area contributed by atoms with E-state index in [2.05, 4.69) is 16.8 Å². The van der Waals surface area contributed by atoms with Gasteiger partial charge in [-0.1, -0.05) is 12.1 Å². The Morgan fingerprint density at radius 1 is 1.29 bits per heavy atom. The first-order valence-corrected chi connectivity index (χ1v) is 8.32. The van der Waals surface area contributed by atoms with Crippen LogP contribution in [0, 0.1) is 0 Å². The third-order valence-electron chi connectivity index (χ3n) is 4.01. The van der Waals surface area contributed by atoms with Crippen molar-refractivity contribution in [1.82, 2.24) is 5.32 Å². The molecule has 0 aliphatic heterocycles. The number of carbonyl (C=O) groups is 1. The monoisotopic (exact) mass is 300 g/mol. The molecular weight excluding hydrogens is 280 g/mol. The largest absolute Gasteiger partial charge is 0.345 e. The van der Waals surface area contributed by atoms with Gasteiger partial charge in [0.25, 0.3) is 5.91 Å². The topological polar surface area (TPSA) is 55.1 Å². The van der Waals surface area contributed by atoms with Gasteiger partial charge in [0.05, 0.1) is 6.04 Å². The van der Waals surface area contributed by atoms with Crippen LogP contribution in [0.15, 0.2) is 35.7 Å². The van der Waals surface area contributed by atoms with Gasteiger partial charge in [-0.2, -0.15) is 0 Å². The lowest BCUT2D eigenvalue weighted by Gasteiger charge is -2.23. The molecule has 21 heavy (non-hydrogen) atoms. The minimum Gasteiger partial charge on any atom is -0.345 e. The highest BCUT2D eigenvalue weighted by Gasteiger charge is 2.22. The quantitative estimate of drug-likeness (QED) is 0.912. The fourth-order valence-electron chi connectivity index (χ4n) is 2.87. The molecule has 0 saturated heterocycles. The van der Waals surface area contributed by atoms with E-state index in [0.717, 1.165) is 31.2 Å². The zero-order chi connectivity index (χ0) is 14.7. The molecule has 1 aliphatic carbocycles. The van der Waals surface area contributed by atoms with Crippen LogP contribution in [0.25, 0.3) is 0 Å². The fourth-order valence-corrected chi connectivity index (χ4v) is 3.85. The number of amides is 1. The van der Waals surface area contributed by atoms with Gasteiger partial charge >= 0.3 is 0 Å². The first-order valence-electron chi connectivity index (χ1n) is 7.44. The Kier molecular flexibility index (Phi) is 4.36. The number of nitrogens with one attached hydrogen (secondary N) is 1. The van der Waals surface area contributed by atoms with Gasteiger partial charge in [0, 0.05) is 10.4 Å². The molecule has 0 spiro atoms. The van der Waals surface area contributed by atoms with E-state index in [9.17, 15) is 4.79 Å². The van der Waals surface area contributed by atoms with Crippen LogP contribution in [0.4, 0.5) is 0 Å². The molecule has 1 aliphatic rings. The minimum atomic E-state index is 0.0124. The van der Waals surface area contributed by atoms with E-state index in [1.165, 1.54) is 16.0 Å². The maximum absolute atomic E-state index is 12.4. The van der Waals surface area contributed by atoms with Crippen LogP contribution in [-0.4, -0.2) is 12.5 Å². The highest BCUT2D eigenvalue weighted by molar-refractivity contribution is 7.10. The number of aryl methyl sites for hydroxylation is 1. The third-order valence-corrected chi connectivity index (χ3v) is 5.00. The van der Waals surface area contributed by atoms with Crippen molar-refractivity contribution in [3.8, 4) is 0 Å². The molecule has 110 valence electrons. The summed E-state index contributed by atoms with van der Waals surface area (Å²) in [5, 5.41) is 5.29. The summed E-state index contributed by atoms with van der Waals surface area (Å²) < 4.78 is 0. The molecule has 1 atom stereocenters. The molecule has 3 rings (SSSR count). The number of thiophene rings is 1. The number of hydrogen-bond acceptors (Lipinski definition) is 3. The van der Waals surface area contributed by atoms with Crippen LogP contribution in [0.5, 0.6) is 0 Å². The van der Waals surface area contributed by atoms with Crippen molar-refractivity contribution in [1.29, 1.82) is 0 Å². The van der Waals surface area contributed by atoms with Gasteiger partial charge in [0.2, 0.25) is 0 Å². The summed E-state index contributed by atoms with van der Waals surface area (Å²) in [5.41, 5.74) is 8.74. The van der Waals surface area contributed by atoms with Crippen molar-refractivity contribution in [2.75, 3.05) is 6.54 Å². The lowest BCUT2D eigenvalue weighted by Crippen LogP contribution is -2.30. The van der Waals surface area contributed by atoms with Crippen LogP contribution in [-0.2, 0) is 12.8 Å². The predicted molar refractivity (Wildman–Crippen MR) is 86.7 cm³/mol. The number of rotatable bonds is 4. The van der Waals surface area contributed by atoms with Crippen molar-refractivity contribution in [2.45, 2.75) is 31.7 Å². The predicted octanol–water partition coefficient (Wildman–Crippen LogP) is 3.06. The van der Waals surface area contributed by atoms with Gasteiger partial charge in [0.1, 0.15) is 0 Å². The van der Waals surface area contributed by atoms with E-state index in [0.29, 0.717) is 6.54 Å². The summed E-state index contributed by atoms with van der Waals surface area (Å²) in [6, 6.07) is 10.1. The maximum Gasteiger partial charge on any atom is 0.251 e. The molecule has 3 N–H and O–H groups in total. The van der Waals surface area contributed by atoms with Gasteiger partial charge in [-0.25, -0.2) is 0 Å². The smallest absolute Gasteiger partial charge is 0.251 e. The number of benzene rings is 1. The van der Waals surface area contributed by atoms with Crippen LogP contribution in [0.1, 0.15) is 45.2 Å². The van der Waals surface area contributed by atoms with Crippen LogP contribution < -0.4 is 11.1 Å². The zero-order valence-electron chi connectivity index (χ0n) is 12.0. The molecule has 0 saturated carbocycles. The molecule has 1 amide bonds. The van der Waals surface area contributed by atoms with Gasteiger partial charge < -0.3 is 11.1 Å². The van der Waals surface area contributed by atoms with Crippen LogP contribution in [0.2, 0.25) is 0 Å². The Balaban J connectivity index is 1.70. The van der Waals surface area contributed by atoms with E-state index in [4.69, 9.17) is 5.73 Å². The summed E-state index contributed by atoms with van der Waals surface area (Å²) >= 11 is 1.80. The zero-order valence-corrected chi connectivity index (χ0v) is 12.8. The fraction of sp³-hybridized carbons (Fsp3) is 0.353. The second kappa shape index (κ2) is 6.41. The average molecular weight is 300 g/mol. The second-order valence-corrected chi connectivity index (χ2v) is 6.45. The van der Waals surface area contributed by atoms with Crippen molar-refractivity contribution in [3.05, 3.63) is 57.3 Å². The Morgan fingerprint density at radius 2 is 2.10 bits per heavy atom. The Bertz CT molecular complexity index is 618. The molecule has 1 unspecified atom stereocenters. The number of carbonyl (C=O) groups excluding carboxylic acids is 1. The first-order chi connectivity index (χ1) is 10.3. The average Bonchev–Trinajstić information content (AvgIpc) is 2.98. The summed E-state index contributed by atoms with van der Waals surface area (Å²) in [6.07, 6.45) is 4.17. The Labute approximate surface area is 129 Å². The number of hydrogen-bond donors (Lipinski definition) is 2. The molecule has 0 radical (unpaired) electrons. The molecule has 0 bridgehead atoms. The van der Waals surface area contributed by atoms with E-state index in [-0.39, 0.29) is 11.9 Å². The molecule has 3 nitrogen and oxygen atoms in total. The van der Waals surface area contributed by atoms with Crippen molar-refractivity contribution < 1.29 is 4.79 Å². The van der Waals surface area contributed by atoms with Crippen molar-refractivity contribution in [3.63, 3.8) is 0 Å². The standard InChI is InChI=1S/C17H20N2OS/c18-10-8-12-4-6-13(7-5-12)17(20)19-15-2-1-3-16-14(15)9-11-21-16/h4-7,9,11,15H,1-3,8,10,18H2,(H,19,20). The second-order valence-electron chi connectivity index (χ2n) is 5.45. The normalized spacial score (nSPS) is 17.3. The molecule has 1 aromatic carbocycles. The molecule has 0 fully saturated rings. The van der Waals surface area contributed by atoms with E-state index in [1.807, 2.05) is 24.3 Å². The van der Waals surface area contributed by atoms with Gasteiger partial charge in [-0.3, -0.25) is 4.79 Å². The molecule has 4 heteroatoms. The first kappa shape index (κ1) is 14.3. The lowest BCUT2D eigenvalue weighted by molar-refractivity contribution is 0.0933. The van der Waals surface area contributed by atoms with Gasteiger partial charge in [-0.15, -0.1) is 11.3 Å². The summed E-state index contributed by atoms with van der Waals surface area (Å²) in [7, 11) is 0. The van der Waals surface area contributed by atoms with E-state index >= 15 is 0 Å². The van der Waals surface area contributed by atoms with E-state index in [1.54, 1.807) is 11.3 Å². The summed E-state index contributed by atoms with van der Waals surface area (Å²) in [4.78, 5) is 13.8. The Morgan fingerprint density at radius 3 is 2.86 bits per heavy atom. The molecule has 2 aromatic rings. The highest BCUT2D eigenvalue weighted by atomic mass is 32.1. The molecule has 1 aromatic heterocycles. The van der Waals surface area contributed by atoms with Crippen molar-refractivity contribution in [2.24, 2.45) is 5.73 Å². The Hall–Kier alpha value is -1.65. The minimum absolute atomic E-state index is 0.0124. The SMILES string of the molecule is NCCc1ccc(C(=O)NC2CCCc3sccc32)cc1. The third kappa shape index (κ3) is 3.17. The maximum atomic E-state index is 12.4. The number of nitrogens with two attached hydrogens (primary N) is 1. The summed E-state index contributed by atoms with van der Waals surface area (Å²) in [5.74, 6) is 0.0124. The molecule has 1 heterocycles. The van der Waals surface area contributed by atoms with E-state index < -0.39 is 0 Å². The van der Waals surface area contributed by atoms with Crippen LogP contribution >= 0.6 is 11.3 Å². The molecular formula is C17H20N2OS. The van der Waals surface area contributed by atoms with Crippen LogP contribution in [0.3, 0.4) is 0 Å².